The molecule has 0 unspecified atom stereocenters. The molecule has 7 aromatic rings. The Morgan fingerprint density at radius 3 is 0.583 bits per heavy atom. The largest absolute Gasteiger partial charge is 0.207 e. The van der Waals surface area contributed by atoms with Gasteiger partial charge >= 0.3 is 0 Å². The van der Waals surface area contributed by atoms with Crippen molar-refractivity contribution in [3.63, 3.8) is 0 Å². The smallest absolute Gasteiger partial charge is 0.158 e. The molecule has 0 aliphatic carbocycles. The van der Waals surface area contributed by atoms with Crippen LogP contribution in [0.1, 0.15) is 16.7 Å². The molecule has 0 nitrogen and oxygen atoms in total. The lowest BCUT2D eigenvalue weighted by atomic mass is 9.12. The Morgan fingerprint density at radius 2 is 0.417 bits per heavy atom. The molecule has 0 amide bonds. The van der Waals surface area contributed by atoms with Gasteiger partial charge in [-0.15, -0.1) is 21.9 Å². The second-order valence-electron chi connectivity index (χ2n) is 12.9. The third-order valence-corrected chi connectivity index (χ3v) is 9.50. The van der Waals surface area contributed by atoms with Crippen LogP contribution in [0.15, 0.2) is 115 Å². The first-order valence-electron chi connectivity index (χ1n) is 17.0. The summed E-state index contributed by atoms with van der Waals surface area (Å²) in [6, 6.07) is 28.9. The minimum atomic E-state index is -6.49. The van der Waals surface area contributed by atoms with E-state index in [1.807, 2.05) is 0 Å². The van der Waals surface area contributed by atoms with Crippen molar-refractivity contribution in [2.75, 3.05) is 0 Å². The van der Waals surface area contributed by atoms with Gasteiger partial charge in [-0.2, -0.15) is 0 Å². The van der Waals surface area contributed by atoms with Crippen LogP contribution >= 0.6 is 0 Å². The van der Waals surface area contributed by atoms with Crippen molar-refractivity contribution in [1.29, 1.82) is 0 Å². The molecule has 0 heterocycles. The molecule has 60 heavy (non-hydrogen) atoms. The lowest BCUT2D eigenvalue weighted by Crippen LogP contribution is -2.81. The molecule has 0 N–H and O–H groups in total. The zero-order valence-electron chi connectivity index (χ0n) is 29.6. The first kappa shape index (κ1) is 42.9. The van der Waals surface area contributed by atoms with E-state index in [-0.39, 0.29) is 0 Å². The van der Waals surface area contributed by atoms with E-state index in [0.717, 1.165) is 0 Å². The maximum absolute atomic E-state index is 15.3. The van der Waals surface area contributed by atoms with E-state index in [2.05, 4.69) is 91.0 Å². The summed E-state index contributed by atoms with van der Waals surface area (Å²) in [6.45, 7) is 0. The van der Waals surface area contributed by atoms with Crippen LogP contribution in [0, 0.1) is 99.0 Å². The lowest BCUT2D eigenvalue weighted by Gasteiger charge is -2.44. The van der Waals surface area contributed by atoms with Crippen LogP contribution < -0.4 is 21.9 Å². The van der Waals surface area contributed by atoms with Crippen LogP contribution in [0.4, 0.5) is 70.2 Å². The monoisotopic (exact) mass is 850 g/mol. The van der Waals surface area contributed by atoms with Crippen LogP contribution in [0.3, 0.4) is 0 Å². The van der Waals surface area contributed by atoms with Crippen LogP contribution in [0.5, 0.6) is 0 Å². The molecule has 0 aromatic heterocycles. The molecule has 0 aliphatic rings. The van der Waals surface area contributed by atoms with Crippen LogP contribution in [0.2, 0.25) is 0 Å². The molecule has 0 aliphatic heterocycles. The highest BCUT2D eigenvalue weighted by Crippen LogP contribution is 2.31. The van der Waals surface area contributed by atoms with Crippen molar-refractivity contribution < 1.29 is 70.2 Å². The Morgan fingerprint density at radius 1 is 0.250 bits per heavy atom. The summed E-state index contributed by atoms with van der Waals surface area (Å²) >= 11 is 0. The van der Waals surface area contributed by atoms with E-state index in [1.54, 1.807) is 0 Å². The van der Waals surface area contributed by atoms with E-state index >= 15 is 35.1 Å². The average molecular weight is 850 g/mol. The number of hydrogen-bond donors (Lipinski definition) is 0. The van der Waals surface area contributed by atoms with Gasteiger partial charge in [0.05, 0.1) is 22.6 Å². The van der Waals surface area contributed by atoms with Crippen LogP contribution in [0.25, 0.3) is 0 Å². The molecular weight excluding hydrogens is 831 g/mol. The molecule has 0 saturated carbocycles. The first-order valence-corrected chi connectivity index (χ1v) is 17.0. The summed E-state index contributed by atoms with van der Waals surface area (Å²) < 4.78 is 238. The highest BCUT2D eigenvalue weighted by Gasteiger charge is 2.50. The molecule has 0 fully saturated rings. The van der Waals surface area contributed by atoms with Crippen molar-refractivity contribution in [2.24, 2.45) is 0 Å². The van der Waals surface area contributed by atoms with Crippen molar-refractivity contribution in [3.8, 4) is 0 Å². The third-order valence-electron chi connectivity index (χ3n) is 9.50. The van der Waals surface area contributed by atoms with Crippen LogP contribution in [-0.4, -0.2) is 6.15 Å². The highest BCUT2D eigenvalue weighted by atomic mass is 19.2. The zero-order chi connectivity index (χ0) is 43.8. The molecule has 0 atom stereocenters. The Labute approximate surface area is 328 Å². The lowest BCUT2D eigenvalue weighted by molar-refractivity contribution is 0.452. The fraction of sp³-hybridized carbons (Fsp3) is 0. The summed E-state index contributed by atoms with van der Waals surface area (Å²) in [5.74, 6) is -45.0. The van der Waals surface area contributed by atoms with Gasteiger partial charge in [0, 0.05) is 24.3 Å². The van der Waals surface area contributed by atoms with Gasteiger partial charge in [-0.3, -0.25) is 0 Å². The minimum Gasteiger partial charge on any atom is -0.207 e. The minimum absolute atomic E-state index is 0.689. The van der Waals surface area contributed by atoms with Gasteiger partial charge in [-0.1, -0.05) is 18.2 Å². The maximum atomic E-state index is 15.3. The standard InChI is InChI=1S/C24H4BF16.C19H15/c26-5-1-6(27)18(35)13(17(5)34)25(14-19(36)7(28)2-8(29)20(14)37,15-21(38)9(30)3-10(31)22(15)39)16-23(40)11(32)4-12(33)24(16)41;1-4-10-16(11-5-1)19(17-12-6-2-7-13-17)18-14-8-3-9-15-18/h1-4H;1-15H/q-1;+1. The second-order valence-corrected chi connectivity index (χ2v) is 12.9. The van der Waals surface area contributed by atoms with E-state index in [4.69, 9.17) is 0 Å². The third kappa shape index (κ3) is 7.32. The van der Waals surface area contributed by atoms with Gasteiger partial charge in [0.15, 0.2) is 46.5 Å². The number of hydrogen-bond acceptors (Lipinski definition) is 0. The van der Waals surface area contributed by atoms with Crippen molar-refractivity contribution >= 4 is 28.0 Å². The van der Waals surface area contributed by atoms with Gasteiger partial charge in [-0.05, 0) is 72.8 Å². The van der Waals surface area contributed by atoms with E-state index < -0.39 is 145 Å². The van der Waals surface area contributed by atoms with Crippen molar-refractivity contribution in [2.45, 2.75) is 0 Å². The Balaban J connectivity index is 0.000000263. The van der Waals surface area contributed by atoms with Gasteiger partial charge in [0.2, 0.25) is 0 Å². The van der Waals surface area contributed by atoms with Gasteiger partial charge < -0.3 is 0 Å². The van der Waals surface area contributed by atoms with E-state index in [9.17, 15) is 35.1 Å². The predicted molar refractivity (Wildman–Crippen MR) is 189 cm³/mol. The van der Waals surface area contributed by atoms with Crippen LogP contribution in [-0.2, 0) is 0 Å². The molecular formula is C43H19BF16. The topological polar surface area (TPSA) is 0 Å². The second kappa shape index (κ2) is 16.9. The van der Waals surface area contributed by atoms with Gasteiger partial charge in [0.1, 0.15) is 52.7 Å². The van der Waals surface area contributed by atoms with E-state index in [0.29, 0.717) is 0 Å². The molecule has 0 radical (unpaired) electrons. The molecule has 7 rings (SSSR count). The highest BCUT2D eigenvalue weighted by molar-refractivity contribution is 7.20. The van der Waals surface area contributed by atoms with Crippen molar-refractivity contribution in [3.05, 3.63) is 231 Å². The molecule has 17 heteroatoms. The molecule has 0 bridgehead atoms. The predicted octanol–water partition coefficient (Wildman–Crippen LogP) is 10.00. The fourth-order valence-corrected chi connectivity index (χ4v) is 7.07. The Hall–Kier alpha value is -6.65. The molecule has 7 aromatic carbocycles. The van der Waals surface area contributed by atoms with Crippen molar-refractivity contribution in [1.82, 2.24) is 0 Å². The van der Waals surface area contributed by atoms with Gasteiger partial charge in [-0.25, -0.2) is 70.2 Å². The summed E-state index contributed by atoms with van der Waals surface area (Å²) in [6.07, 6.45) is -6.49. The Bertz CT molecular complexity index is 2270. The molecule has 306 valence electrons. The fourth-order valence-electron chi connectivity index (χ4n) is 7.07. The summed E-state index contributed by atoms with van der Waals surface area (Å²) in [4.78, 5) is 0. The molecule has 0 spiro atoms. The normalized spacial score (nSPS) is 11.3. The molecule has 0 saturated heterocycles. The summed E-state index contributed by atoms with van der Waals surface area (Å²) in [7, 11) is 0. The SMILES string of the molecule is Fc1cc(F)c(F)c([B-](c2c(F)c(F)cc(F)c2F)(c2c(F)c(F)cc(F)c2F)c2c(F)c(F)cc(F)c2F)c1F.c1ccc([C+](c2ccccc2)c2ccccc2)cc1. The zero-order valence-corrected chi connectivity index (χ0v) is 29.6. The number of benzene rings is 7. The summed E-state index contributed by atoms with van der Waals surface area (Å²) in [5, 5.41) is 0. The first-order chi connectivity index (χ1) is 28.4. The van der Waals surface area contributed by atoms with E-state index in [1.165, 1.54) is 22.6 Å². The number of rotatable bonds is 7. The average Bonchev–Trinajstić information content (AvgIpc) is 3.22. The summed E-state index contributed by atoms with van der Waals surface area (Å²) in [5.41, 5.74) is -8.21. The number of halogens is 16. The maximum Gasteiger partial charge on any atom is 0.158 e. The quantitative estimate of drug-likeness (QED) is 0.0493. The Kier molecular flexibility index (Phi) is 12.1. The van der Waals surface area contributed by atoms with Gasteiger partial charge in [0.25, 0.3) is 0 Å².